The molecule has 1 aromatic rings. The van der Waals surface area contributed by atoms with Gasteiger partial charge in [0.05, 0.1) is 58.9 Å². The second-order valence-corrected chi connectivity index (χ2v) is 22.9. The molecule has 6 N–H and O–H groups in total. The van der Waals surface area contributed by atoms with Gasteiger partial charge in [-0.05, 0) is 106 Å². The number of carbonyl (C=O) groups excluding carboxylic acids is 2. The van der Waals surface area contributed by atoms with Crippen molar-refractivity contribution < 1.29 is 72.0 Å². The Balaban J connectivity index is 1.77. The van der Waals surface area contributed by atoms with Crippen LogP contribution in [-0.4, -0.2) is 198 Å². The minimum absolute atomic E-state index is 0.00356. The topological polar surface area (TPSA) is 270 Å². The summed E-state index contributed by atoms with van der Waals surface area (Å²) in [5.74, 6) is -3.19. The molecule has 18 atom stereocenters. The molecule has 21 heteroatoms. The smallest absolute Gasteiger partial charge is 0.331 e. The van der Waals surface area contributed by atoms with Crippen molar-refractivity contribution in [3.05, 3.63) is 30.3 Å². The van der Waals surface area contributed by atoms with Crippen LogP contribution < -0.4 is 4.72 Å². The fourth-order valence-corrected chi connectivity index (χ4v) is 11.7. The second-order valence-electron chi connectivity index (χ2n) is 21.2. The van der Waals surface area contributed by atoms with Crippen LogP contribution in [0.4, 0.5) is 4.79 Å². The summed E-state index contributed by atoms with van der Waals surface area (Å²) >= 11 is 0. The number of hydrogen-bond acceptors (Lipinski definition) is 18. The molecule has 0 aromatic heterocycles. The summed E-state index contributed by atoms with van der Waals surface area (Å²) in [6.45, 7) is 17.3. The molecular weight excluding hydrogens is 943 g/mol. The van der Waals surface area contributed by atoms with Crippen molar-refractivity contribution in [3.63, 3.8) is 0 Å². The molecule has 406 valence electrons. The van der Waals surface area contributed by atoms with Crippen molar-refractivity contribution >= 4 is 22.0 Å². The lowest BCUT2D eigenvalue weighted by Gasteiger charge is -2.48. The Morgan fingerprint density at radius 2 is 1.62 bits per heavy atom. The van der Waals surface area contributed by atoms with E-state index in [2.05, 4.69) is 4.72 Å². The van der Waals surface area contributed by atoms with Crippen LogP contribution in [0.25, 0.3) is 0 Å². The van der Waals surface area contributed by atoms with Gasteiger partial charge in [-0.25, -0.2) is 17.9 Å². The van der Waals surface area contributed by atoms with Gasteiger partial charge in [0.15, 0.2) is 12.6 Å². The summed E-state index contributed by atoms with van der Waals surface area (Å²) in [5.41, 5.74) is -4.87. The van der Waals surface area contributed by atoms with Gasteiger partial charge in [0.2, 0.25) is 0 Å². The Morgan fingerprint density at radius 3 is 2.21 bits per heavy atom. The summed E-state index contributed by atoms with van der Waals surface area (Å²) in [6.07, 6.45) is -9.75. The van der Waals surface area contributed by atoms with Crippen LogP contribution in [0.15, 0.2) is 35.2 Å². The number of carbonyl (C=O) groups is 2. The predicted octanol–water partition coefficient (Wildman–Crippen LogP) is 2.98. The molecule has 0 saturated carbocycles. The van der Waals surface area contributed by atoms with Crippen molar-refractivity contribution in [1.82, 2.24) is 19.4 Å². The number of urea groups is 1. The van der Waals surface area contributed by atoms with Gasteiger partial charge in [-0.3, -0.25) is 9.69 Å². The number of methoxy groups -OCH3 is 1. The largest absolute Gasteiger partial charge is 0.459 e. The van der Waals surface area contributed by atoms with Crippen LogP contribution in [0.5, 0.6) is 0 Å². The van der Waals surface area contributed by atoms with E-state index in [1.165, 1.54) is 43.2 Å². The maximum absolute atomic E-state index is 14.6. The molecule has 3 fully saturated rings. The van der Waals surface area contributed by atoms with Crippen molar-refractivity contribution in [2.75, 3.05) is 47.4 Å². The quantitative estimate of drug-likeness (QED) is 0.138. The van der Waals surface area contributed by atoms with Gasteiger partial charge in [-0.2, -0.15) is 5.26 Å². The van der Waals surface area contributed by atoms with E-state index in [1.54, 1.807) is 54.5 Å². The van der Waals surface area contributed by atoms with Crippen LogP contribution in [0.1, 0.15) is 108 Å². The van der Waals surface area contributed by atoms with E-state index in [-0.39, 0.29) is 75.3 Å². The molecular formula is C50H85N5O15S. The number of benzene rings is 1. The lowest BCUT2D eigenvalue weighted by molar-refractivity contribution is -0.318. The molecule has 4 rings (SSSR count). The molecule has 3 heterocycles. The van der Waals surface area contributed by atoms with Crippen LogP contribution >= 0.6 is 0 Å². The Labute approximate surface area is 421 Å². The maximum atomic E-state index is 14.6. The first kappa shape index (κ1) is 60.5. The van der Waals surface area contributed by atoms with E-state index in [0.29, 0.717) is 6.42 Å². The number of hydrogen-bond donors (Lipinski definition) is 6. The third kappa shape index (κ3) is 15.0. The third-order valence-corrected chi connectivity index (χ3v) is 16.3. The lowest BCUT2D eigenvalue weighted by Crippen LogP contribution is -2.60. The average molecular weight is 1030 g/mol. The SMILES string of the molecule is CC[C@H]1OC(=O)[C@H](C)[C@@H](O[C@H]2C[C@@](C)(OC)[C@@H](O)[C@H](C)O2)[C@H](C)[C@@H](O[C@@H]2O[C@H](C)C[C@H](N(C)C)[C@H]2O)[C@](C)(O)C[C@@H](C)CN(CCCN(CCC#N)C(=O)NS(=O)(=O)c2ccccc2)[C@H](C)[C@@H](O)[C@]1(C)O. The third-order valence-electron chi connectivity index (χ3n) is 15.0. The highest BCUT2D eigenvalue weighted by Crippen LogP contribution is 2.40. The van der Waals surface area contributed by atoms with Gasteiger partial charge in [0, 0.05) is 57.7 Å². The number of ether oxygens (including phenoxy) is 6. The Morgan fingerprint density at radius 1 is 0.972 bits per heavy atom. The van der Waals surface area contributed by atoms with E-state index < -0.39 is 118 Å². The zero-order valence-corrected chi connectivity index (χ0v) is 45.0. The van der Waals surface area contributed by atoms with Gasteiger partial charge < -0.3 is 63.8 Å². The normalized spacial score (nSPS) is 39.4. The number of nitrogens with zero attached hydrogens (tertiary/aromatic N) is 4. The van der Waals surface area contributed by atoms with Gasteiger partial charge in [-0.1, -0.05) is 39.0 Å². The van der Waals surface area contributed by atoms with E-state index in [9.17, 15) is 48.8 Å². The summed E-state index contributed by atoms with van der Waals surface area (Å²) in [6, 6.07) is 7.31. The number of aliphatic hydroxyl groups excluding tert-OH is 3. The number of nitrogens with one attached hydrogen (secondary N) is 1. The molecule has 2 amide bonds. The van der Waals surface area contributed by atoms with E-state index in [4.69, 9.17) is 28.4 Å². The number of cyclic esters (lactones) is 1. The number of esters is 1. The molecule has 1 aromatic carbocycles. The molecule has 3 aliphatic rings. The number of likely N-dealkylation sites (N-methyl/N-ethyl adjacent to an activating group) is 1. The van der Waals surface area contributed by atoms with Crippen LogP contribution in [0, 0.1) is 29.1 Å². The van der Waals surface area contributed by atoms with Crippen molar-refractivity contribution in [2.45, 2.75) is 203 Å². The molecule has 0 radical (unpaired) electrons. The fraction of sp³-hybridized carbons (Fsp3) is 0.820. The maximum Gasteiger partial charge on any atom is 0.331 e. The van der Waals surface area contributed by atoms with Crippen LogP contribution in [-0.2, 0) is 43.2 Å². The molecule has 3 saturated heterocycles. The fourth-order valence-electron chi connectivity index (χ4n) is 10.7. The molecule has 0 unspecified atom stereocenters. The van der Waals surface area contributed by atoms with Gasteiger partial charge in [-0.15, -0.1) is 0 Å². The monoisotopic (exact) mass is 1030 g/mol. The van der Waals surface area contributed by atoms with Gasteiger partial charge >= 0.3 is 12.0 Å². The summed E-state index contributed by atoms with van der Waals surface area (Å²) in [4.78, 5) is 33.0. The zero-order chi connectivity index (χ0) is 53.4. The Kier molecular flexibility index (Phi) is 21.7. The summed E-state index contributed by atoms with van der Waals surface area (Å²) in [5, 5.41) is 69.6. The van der Waals surface area contributed by atoms with Gasteiger partial charge in [0.1, 0.15) is 30.0 Å². The Hall–Kier alpha value is -3.08. The highest BCUT2D eigenvalue weighted by atomic mass is 32.2. The second kappa shape index (κ2) is 25.4. The Bertz CT molecular complexity index is 2010. The number of nitriles is 1. The predicted molar refractivity (Wildman–Crippen MR) is 262 cm³/mol. The lowest BCUT2D eigenvalue weighted by atomic mass is 9.77. The molecule has 0 aliphatic carbocycles. The molecule has 0 bridgehead atoms. The van der Waals surface area contributed by atoms with E-state index in [1.807, 2.05) is 43.8 Å². The number of aliphatic hydroxyl groups is 5. The summed E-state index contributed by atoms with van der Waals surface area (Å²) in [7, 11) is 0.934. The zero-order valence-electron chi connectivity index (χ0n) is 44.1. The highest BCUT2D eigenvalue weighted by molar-refractivity contribution is 7.90. The van der Waals surface area contributed by atoms with Crippen LogP contribution in [0.2, 0.25) is 0 Å². The molecule has 3 aliphatic heterocycles. The first-order chi connectivity index (χ1) is 33.0. The molecule has 20 nitrogen and oxygen atoms in total. The first-order valence-corrected chi connectivity index (χ1v) is 26.5. The van der Waals surface area contributed by atoms with Crippen molar-refractivity contribution in [2.24, 2.45) is 17.8 Å². The first-order valence-electron chi connectivity index (χ1n) is 25.1. The molecule has 0 spiro atoms. The number of sulfonamides is 1. The van der Waals surface area contributed by atoms with Crippen molar-refractivity contribution in [1.29, 1.82) is 5.26 Å². The standard InChI is InChI=1S/C50H85N5O15S/c1-14-38-50(10,62)42(57)34(6)55(25-19-24-54(23-18-22-51)47(60)52-71(63,64)36-20-16-15-17-21-36)29-30(2)27-48(8,61)44(70-46-40(56)37(53(11)12)26-31(3)66-46)32(4)41(33(5)45(59)68-38)69-39-28-49(9,65-13)43(58)35(7)67-39/h15-17,20-21,30-35,37-44,46,56-58,61-62H,14,18-19,23-29H2,1-13H3,(H,52,60)/t30-,31-,32+,33-,34-,35+,37+,38-,39+,40-,41+,42-,43+,44-,46+,48-,49-,50-/m1/s1. The van der Waals surface area contributed by atoms with Gasteiger partial charge in [0.25, 0.3) is 10.0 Å². The average Bonchev–Trinajstić information content (AvgIpc) is 3.30. The number of rotatable bonds is 15. The molecule has 71 heavy (non-hydrogen) atoms. The minimum atomic E-state index is -4.24. The summed E-state index contributed by atoms with van der Waals surface area (Å²) < 4.78 is 66.3. The van der Waals surface area contributed by atoms with Crippen molar-refractivity contribution in [3.8, 4) is 6.07 Å². The van der Waals surface area contributed by atoms with E-state index >= 15 is 0 Å². The van der Waals surface area contributed by atoms with E-state index in [0.717, 1.165) is 0 Å². The highest BCUT2D eigenvalue weighted by Gasteiger charge is 2.53. The van der Waals surface area contributed by atoms with Crippen LogP contribution in [0.3, 0.4) is 0 Å². The number of amides is 2. The minimum Gasteiger partial charge on any atom is -0.459 e.